The van der Waals surface area contributed by atoms with E-state index < -0.39 is 17.7 Å². The number of rotatable bonds is 7. The van der Waals surface area contributed by atoms with Crippen LogP contribution in [0.5, 0.6) is 17.2 Å². The molecule has 1 saturated heterocycles. The number of carbonyl (C=O) groups excluding carboxylic acids is 2. The van der Waals surface area contributed by atoms with Crippen LogP contribution in [-0.4, -0.2) is 73.6 Å². The molecule has 0 aliphatic carbocycles. The van der Waals surface area contributed by atoms with E-state index in [0.717, 1.165) is 0 Å². The lowest BCUT2D eigenvalue weighted by Crippen LogP contribution is -2.35. The van der Waals surface area contributed by atoms with Crippen LogP contribution in [0.25, 0.3) is 5.76 Å². The van der Waals surface area contributed by atoms with Gasteiger partial charge in [-0.05, 0) is 56.9 Å². The first kappa shape index (κ1) is 22.7. The van der Waals surface area contributed by atoms with Gasteiger partial charge in [-0.1, -0.05) is 12.1 Å². The molecule has 1 amide bonds. The zero-order valence-electron chi connectivity index (χ0n) is 19.0. The van der Waals surface area contributed by atoms with Gasteiger partial charge in [0.15, 0.2) is 11.5 Å². The van der Waals surface area contributed by atoms with Crippen molar-refractivity contribution in [1.29, 1.82) is 0 Å². The van der Waals surface area contributed by atoms with E-state index in [0.29, 0.717) is 61.3 Å². The van der Waals surface area contributed by atoms with E-state index >= 15 is 0 Å². The SMILES string of the molecule is CCOc1cccc([C@H]2C(=C(O)c3ccc4c(c3)OCCO4)C(=O)C(=O)N2CCN(C)C)c1. The summed E-state index contributed by atoms with van der Waals surface area (Å²) < 4.78 is 16.8. The largest absolute Gasteiger partial charge is 0.507 e. The smallest absolute Gasteiger partial charge is 0.295 e. The average molecular weight is 453 g/mol. The first-order valence-electron chi connectivity index (χ1n) is 11.0. The topological polar surface area (TPSA) is 88.5 Å². The van der Waals surface area contributed by atoms with Crippen molar-refractivity contribution >= 4 is 17.4 Å². The van der Waals surface area contributed by atoms with Crippen LogP contribution in [0.15, 0.2) is 48.0 Å². The van der Waals surface area contributed by atoms with Gasteiger partial charge in [0.1, 0.15) is 24.7 Å². The van der Waals surface area contributed by atoms with Gasteiger partial charge < -0.3 is 29.1 Å². The Balaban J connectivity index is 1.82. The number of aliphatic hydroxyl groups excluding tert-OH is 1. The molecule has 0 bridgehead atoms. The average Bonchev–Trinajstić information content (AvgIpc) is 3.07. The quantitative estimate of drug-likeness (QED) is 0.393. The van der Waals surface area contributed by atoms with Crippen LogP contribution in [0.1, 0.15) is 24.1 Å². The molecule has 2 aromatic carbocycles. The molecule has 2 aromatic rings. The molecule has 0 saturated carbocycles. The highest BCUT2D eigenvalue weighted by atomic mass is 16.6. The van der Waals surface area contributed by atoms with Crippen LogP contribution in [0.2, 0.25) is 0 Å². The Morgan fingerprint density at radius 3 is 2.61 bits per heavy atom. The van der Waals surface area contributed by atoms with Crippen molar-refractivity contribution in [3.05, 3.63) is 59.2 Å². The normalized spacial score (nSPS) is 19.3. The summed E-state index contributed by atoms with van der Waals surface area (Å²) in [5, 5.41) is 11.3. The van der Waals surface area contributed by atoms with E-state index in [2.05, 4.69) is 0 Å². The lowest BCUT2D eigenvalue weighted by molar-refractivity contribution is -0.140. The second-order valence-electron chi connectivity index (χ2n) is 8.16. The van der Waals surface area contributed by atoms with Gasteiger partial charge in [0.25, 0.3) is 11.7 Å². The minimum Gasteiger partial charge on any atom is -0.507 e. The molecule has 0 radical (unpaired) electrons. The van der Waals surface area contributed by atoms with Crippen molar-refractivity contribution in [1.82, 2.24) is 9.80 Å². The Bertz CT molecular complexity index is 1090. The highest BCUT2D eigenvalue weighted by Gasteiger charge is 2.46. The van der Waals surface area contributed by atoms with Crippen LogP contribution in [0, 0.1) is 0 Å². The summed E-state index contributed by atoms with van der Waals surface area (Å²) in [6, 6.07) is 11.5. The summed E-state index contributed by atoms with van der Waals surface area (Å²) >= 11 is 0. The van der Waals surface area contributed by atoms with E-state index in [9.17, 15) is 14.7 Å². The maximum Gasteiger partial charge on any atom is 0.295 e. The summed E-state index contributed by atoms with van der Waals surface area (Å²) in [5.74, 6) is 0.0972. The second kappa shape index (κ2) is 9.54. The zero-order valence-corrected chi connectivity index (χ0v) is 19.0. The number of Topliss-reactive ketones (excluding diaryl/α,β-unsaturated/α-hetero) is 1. The Hall–Kier alpha value is -3.52. The molecule has 4 rings (SSSR count). The van der Waals surface area contributed by atoms with Crippen LogP contribution in [0.3, 0.4) is 0 Å². The standard InChI is InChI=1S/C25H28N2O6/c1-4-31-18-7-5-6-16(14-18)22-21(24(29)25(30)27(22)11-10-26(2)3)23(28)17-8-9-19-20(15-17)33-13-12-32-19/h5-9,14-15,22,28H,4,10-13H2,1-3H3/t22-/m0/s1. The maximum absolute atomic E-state index is 13.1. The number of hydrogen-bond acceptors (Lipinski definition) is 7. The molecule has 2 heterocycles. The number of amides is 1. The number of nitrogens with zero attached hydrogens (tertiary/aromatic N) is 2. The minimum absolute atomic E-state index is 0.0454. The fourth-order valence-corrected chi connectivity index (χ4v) is 4.05. The number of aliphatic hydroxyl groups is 1. The third-order valence-electron chi connectivity index (χ3n) is 5.63. The summed E-state index contributed by atoms with van der Waals surface area (Å²) in [6.45, 7) is 4.12. The number of hydrogen-bond donors (Lipinski definition) is 1. The molecule has 1 atom stereocenters. The van der Waals surface area contributed by atoms with Gasteiger partial charge in [-0.3, -0.25) is 9.59 Å². The minimum atomic E-state index is -0.737. The fraction of sp³-hybridized carbons (Fsp3) is 0.360. The number of ketones is 1. The van der Waals surface area contributed by atoms with E-state index in [1.54, 1.807) is 24.3 Å². The van der Waals surface area contributed by atoms with Crippen LogP contribution in [-0.2, 0) is 9.59 Å². The van der Waals surface area contributed by atoms with Gasteiger partial charge in [-0.25, -0.2) is 0 Å². The Labute approximate surface area is 193 Å². The summed E-state index contributed by atoms with van der Waals surface area (Å²) in [7, 11) is 3.80. The molecule has 2 aliphatic rings. The molecule has 0 aromatic heterocycles. The van der Waals surface area contributed by atoms with Gasteiger partial charge in [0.2, 0.25) is 0 Å². The van der Waals surface area contributed by atoms with Crippen molar-refractivity contribution in [3.8, 4) is 17.2 Å². The lowest BCUT2D eigenvalue weighted by Gasteiger charge is -2.27. The van der Waals surface area contributed by atoms with Gasteiger partial charge in [-0.2, -0.15) is 0 Å². The number of carbonyl (C=O) groups is 2. The predicted molar refractivity (Wildman–Crippen MR) is 123 cm³/mol. The van der Waals surface area contributed by atoms with E-state index in [1.165, 1.54) is 4.90 Å². The molecule has 1 N–H and O–H groups in total. The van der Waals surface area contributed by atoms with E-state index in [4.69, 9.17) is 14.2 Å². The van der Waals surface area contributed by atoms with E-state index in [-0.39, 0.29) is 11.3 Å². The monoisotopic (exact) mass is 452 g/mol. The first-order chi connectivity index (χ1) is 15.9. The van der Waals surface area contributed by atoms with Crippen LogP contribution >= 0.6 is 0 Å². The molecule has 8 heteroatoms. The van der Waals surface area contributed by atoms with Gasteiger partial charge in [0.05, 0.1) is 18.2 Å². The van der Waals surface area contributed by atoms with Gasteiger partial charge >= 0.3 is 0 Å². The Morgan fingerprint density at radius 1 is 1.12 bits per heavy atom. The summed E-state index contributed by atoms with van der Waals surface area (Å²) in [4.78, 5) is 29.6. The van der Waals surface area contributed by atoms with Crippen LogP contribution < -0.4 is 14.2 Å². The number of likely N-dealkylation sites (tertiary alicyclic amines) is 1. The highest BCUT2D eigenvalue weighted by molar-refractivity contribution is 6.46. The van der Waals surface area contributed by atoms with Gasteiger partial charge in [0, 0.05) is 18.7 Å². The van der Waals surface area contributed by atoms with Crippen molar-refractivity contribution in [2.24, 2.45) is 0 Å². The molecular weight excluding hydrogens is 424 g/mol. The van der Waals surface area contributed by atoms with E-state index in [1.807, 2.05) is 44.1 Å². The fourth-order valence-electron chi connectivity index (χ4n) is 4.05. The molecular formula is C25H28N2O6. The zero-order chi connectivity index (χ0) is 23.5. The number of benzene rings is 2. The van der Waals surface area contributed by atoms with Crippen molar-refractivity contribution < 1.29 is 28.9 Å². The van der Waals surface area contributed by atoms with Crippen molar-refractivity contribution in [2.75, 3.05) is 47.0 Å². The van der Waals surface area contributed by atoms with Gasteiger partial charge in [-0.15, -0.1) is 0 Å². The third kappa shape index (κ3) is 4.52. The van der Waals surface area contributed by atoms with Crippen LogP contribution in [0.4, 0.5) is 0 Å². The molecule has 174 valence electrons. The maximum atomic E-state index is 13.1. The number of ether oxygens (including phenoxy) is 3. The second-order valence-corrected chi connectivity index (χ2v) is 8.16. The molecule has 2 aliphatic heterocycles. The first-order valence-corrected chi connectivity index (χ1v) is 11.0. The molecule has 0 spiro atoms. The number of likely N-dealkylation sites (N-methyl/N-ethyl adjacent to an activating group) is 1. The summed E-state index contributed by atoms with van der Waals surface area (Å²) in [5.41, 5.74) is 1.12. The molecule has 1 fully saturated rings. The molecule has 8 nitrogen and oxygen atoms in total. The molecule has 0 unspecified atom stereocenters. The number of fused-ring (bicyclic) bond motifs is 1. The molecule has 33 heavy (non-hydrogen) atoms. The Kier molecular flexibility index (Phi) is 6.55. The highest BCUT2D eigenvalue weighted by Crippen LogP contribution is 2.41. The summed E-state index contributed by atoms with van der Waals surface area (Å²) in [6.07, 6.45) is 0. The lowest BCUT2D eigenvalue weighted by atomic mass is 9.95. The van der Waals surface area contributed by atoms with Crippen molar-refractivity contribution in [2.45, 2.75) is 13.0 Å². The third-order valence-corrected chi connectivity index (χ3v) is 5.63. The Morgan fingerprint density at radius 2 is 1.88 bits per heavy atom. The predicted octanol–water partition coefficient (Wildman–Crippen LogP) is 2.84. The van der Waals surface area contributed by atoms with Crippen molar-refractivity contribution in [3.63, 3.8) is 0 Å².